The van der Waals surface area contributed by atoms with E-state index in [1.807, 2.05) is 66.3 Å². The van der Waals surface area contributed by atoms with Crippen molar-refractivity contribution in [2.24, 2.45) is 0 Å². The average Bonchev–Trinajstić information content (AvgIpc) is 3.09. The first-order valence-electron chi connectivity index (χ1n) is 8.22. The van der Waals surface area contributed by atoms with Crippen LogP contribution in [-0.2, 0) is 4.79 Å². The van der Waals surface area contributed by atoms with E-state index < -0.39 is 0 Å². The maximum atomic E-state index is 12.0. The van der Waals surface area contributed by atoms with Crippen LogP contribution in [0.25, 0.3) is 22.0 Å². The molecule has 0 aliphatic rings. The molecule has 0 radical (unpaired) electrons. The Balaban J connectivity index is 1.83. The molecule has 1 atom stereocenters. The molecule has 0 fully saturated rings. The number of aryl methyl sites for hydroxylation is 1. The number of nitrogens with one attached hydrogen (secondary N) is 1. The number of benzene rings is 2. The first kappa shape index (κ1) is 15.3. The lowest BCUT2D eigenvalue weighted by molar-refractivity contribution is -0.698. The molecule has 0 bridgehead atoms. The maximum Gasteiger partial charge on any atom is 0.239 e. The van der Waals surface area contributed by atoms with E-state index in [1.54, 1.807) is 0 Å². The molecule has 2 heterocycles. The van der Waals surface area contributed by atoms with Gasteiger partial charge in [-0.3, -0.25) is 9.89 Å². The lowest BCUT2D eigenvalue weighted by Gasteiger charge is -2.10. The van der Waals surface area contributed by atoms with Crippen molar-refractivity contribution in [2.75, 3.05) is 0 Å². The molecule has 0 aliphatic carbocycles. The van der Waals surface area contributed by atoms with Gasteiger partial charge in [0.1, 0.15) is 0 Å². The molecule has 0 saturated heterocycles. The summed E-state index contributed by atoms with van der Waals surface area (Å²) >= 11 is 0. The number of H-pyrrole nitrogens is 1. The van der Waals surface area contributed by atoms with Crippen LogP contribution in [0.2, 0.25) is 0 Å². The third-order valence-corrected chi connectivity index (χ3v) is 4.43. The minimum absolute atomic E-state index is 0.380. The van der Waals surface area contributed by atoms with Crippen molar-refractivity contribution in [1.82, 2.24) is 10.2 Å². The van der Waals surface area contributed by atoms with Gasteiger partial charge >= 0.3 is 0 Å². The van der Waals surface area contributed by atoms with Gasteiger partial charge in [0.2, 0.25) is 6.04 Å². The van der Waals surface area contributed by atoms with Crippen LogP contribution >= 0.6 is 0 Å². The number of fused-ring (bicyclic) bond motifs is 1. The number of aromatic nitrogens is 3. The number of aldehydes is 1. The van der Waals surface area contributed by atoms with Gasteiger partial charge in [0, 0.05) is 11.6 Å². The highest BCUT2D eigenvalue weighted by molar-refractivity contribution is 5.88. The second kappa shape index (κ2) is 6.32. The standard InChI is InChI=1S/C21H18N3O/c1-15-12-20(23-22-15)17-8-5-11-24(13-17)21(14-25)19-10-4-7-16-6-2-3-9-18(16)19/h2-14,21H,1H3,(H,22,23)/q+1. The van der Waals surface area contributed by atoms with Crippen LogP contribution in [-0.4, -0.2) is 16.5 Å². The summed E-state index contributed by atoms with van der Waals surface area (Å²) in [4.78, 5) is 12.0. The highest BCUT2D eigenvalue weighted by Gasteiger charge is 2.23. The van der Waals surface area contributed by atoms with Crippen molar-refractivity contribution in [3.63, 3.8) is 0 Å². The molecule has 4 nitrogen and oxygen atoms in total. The number of pyridine rings is 1. The predicted molar refractivity (Wildman–Crippen MR) is 97.1 cm³/mol. The SMILES string of the molecule is Cc1cc(-c2ccc[n+](C(C=O)c3cccc4ccccc34)c2)[nH]n1. The van der Waals surface area contributed by atoms with Crippen LogP contribution in [0.4, 0.5) is 0 Å². The molecule has 2 aromatic heterocycles. The second-order valence-electron chi connectivity index (χ2n) is 6.11. The second-order valence-corrected chi connectivity index (χ2v) is 6.11. The number of hydrogen-bond acceptors (Lipinski definition) is 2. The van der Waals surface area contributed by atoms with Crippen molar-refractivity contribution in [1.29, 1.82) is 0 Å². The zero-order valence-electron chi connectivity index (χ0n) is 13.9. The molecule has 0 aliphatic heterocycles. The summed E-state index contributed by atoms with van der Waals surface area (Å²) in [5.41, 5.74) is 3.87. The summed E-state index contributed by atoms with van der Waals surface area (Å²) in [6, 6.07) is 19.8. The molecule has 4 rings (SSSR count). The molecule has 1 N–H and O–H groups in total. The van der Waals surface area contributed by atoms with Crippen molar-refractivity contribution < 1.29 is 9.36 Å². The van der Waals surface area contributed by atoms with E-state index >= 15 is 0 Å². The van der Waals surface area contributed by atoms with Gasteiger partial charge in [-0.15, -0.1) is 0 Å². The van der Waals surface area contributed by atoms with Gasteiger partial charge < -0.3 is 0 Å². The quantitative estimate of drug-likeness (QED) is 0.459. The Morgan fingerprint density at radius 2 is 1.92 bits per heavy atom. The first-order valence-corrected chi connectivity index (χ1v) is 8.22. The molecule has 1 unspecified atom stereocenters. The lowest BCUT2D eigenvalue weighted by Crippen LogP contribution is -2.40. The fourth-order valence-corrected chi connectivity index (χ4v) is 3.21. The molecule has 2 aromatic carbocycles. The van der Waals surface area contributed by atoms with Gasteiger partial charge in [0.25, 0.3) is 0 Å². The van der Waals surface area contributed by atoms with Crippen molar-refractivity contribution in [2.45, 2.75) is 13.0 Å². The number of nitrogens with zero attached hydrogens (tertiary/aromatic N) is 2. The van der Waals surface area contributed by atoms with Crippen LogP contribution in [0.1, 0.15) is 17.3 Å². The van der Waals surface area contributed by atoms with E-state index in [9.17, 15) is 4.79 Å². The van der Waals surface area contributed by atoms with Crippen LogP contribution in [0.3, 0.4) is 0 Å². The molecule has 122 valence electrons. The Bertz CT molecular complexity index is 1050. The minimum atomic E-state index is -0.380. The van der Waals surface area contributed by atoms with Gasteiger partial charge in [-0.25, -0.2) is 0 Å². The number of aromatic amines is 1. The fourth-order valence-electron chi connectivity index (χ4n) is 3.21. The Labute approximate surface area is 145 Å². The largest absolute Gasteiger partial charge is 0.296 e. The summed E-state index contributed by atoms with van der Waals surface area (Å²) in [5, 5.41) is 9.43. The summed E-state index contributed by atoms with van der Waals surface area (Å²) in [7, 11) is 0. The number of rotatable bonds is 4. The predicted octanol–water partition coefficient (Wildman–Crippen LogP) is 3.61. The lowest BCUT2D eigenvalue weighted by atomic mass is 9.99. The smallest absolute Gasteiger partial charge is 0.239 e. The van der Waals surface area contributed by atoms with E-state index in [1.165, 1.54) is 0 Å². The van der Waals surface area contributed by atoms with Gasteiger partial charge in [-0.05, 0) is 29.8 Å². The van der Waals surface area contributed by atoms with Gasteiger partial charge in [-0.1, -0.05) is 42.5 Å². The summed E-state index contributed by atoms with van der Waals surface area (Å²) in [5.74, 6) is 0. The van der Waals surface area contributed by atoms with Crippen LogP contribution in [0.5, 0.6) is 0 Å². The topological polar surface area (TPSA) is 49.6 Å². The molecule has 4 aromatic rings. The van der Waals surface area contributed by atoms with Crippen molar-refractivity contribution in [3.8, 4) is 11.3 Å². The van der Waals surface area contributed by atoms with E-state index in [4.69, 9.17) is 0 Å². The summed E-state index contributed by atoms with van der Waals surface area (Å²) in [6.45, 7) is 1.95. The van der Waals surface area contributed by atoms with E-state index in [-0.39, 0.29) is 6.04 Å². The normalized spacial score (nSPS) is 12.2. The van der Waals surface area contributed by atoms with Gasteiger partial charge in [0.05, 0.1) is 17.0 Å². The highest BCUT2D eigenvalue weighted by Crippen LogP contribution is 2.24. The average molecular weight is 328 g/mol. The first-order chi connectivity index (χ1) is 12.3. The highest BCUT2D eigenvalue weighted by atomic mass is 16.1. The molecule has 0 saturated carbocycles. The van der Waals surface area contributed by atoms with Crippen molar-refractivity contribution in [3.05, 3.63) is 84.3 Å². The van der Waals surface area contributed by atoms with E-state index in [0.717, 1.165) is 39.6 Å². The molecule has 0 amide bonds. The zero-order chi connectivity index (χ0) is 17.2. The fraction of sp³-hybridized carbons (Fsp3) is 0.0952. The van der Waals surface area contributed by atoms with Crippen LogP contribution in [0, 0.1) is 6.92 Å². The van der Waals surface area contributed by atoms with E-state index in [2.05, 4.69) is 28.4 Å². The molecule has 0 spiro atoms. The zero-order valence-corrected chi connectivity index (χ0v) is 13.9. The molecular weight excluding hydrogens is 310 g/mol. The monoisotopic (exact) mass is 328 g/mol. The van der Waals surface area contributed by atoms with Crippen LogP contribution < -0.4 is 4.57 Å². The third-order valence-electron chi connectivity index (χ3n) is 4.43. The Morgan fingerprint density at radius 1 is 1.08 bits per heavy atom. The Hall–Kier alpha value is -3.27. The Morgan fingerprint density at radius 3 is 2.72 bits per heavy atom. The van der Waals surface area contributed by atoms with Gasteiger partial charge in [0.15, 0.2) is 18.7 Å². The number of carbonyl (C=O) groups is 1. The number of hydrogen-bond donors (Lipinski definition) is 1. The molecule has 25 heavy (non-hydrogen) atoms. The summed E-state index contributed by atoms with van der Waals surface area (Å²) < 4.78 is 1.94. The minimum Gasteiger partial charge on any atom is -0.296 e. The molecular formula is C21H18N3O+. The number of carbonyl (C=O) groups excluding carboxylic acids is 1. The third kappa shape index (κ3) is 2.83. The molecule has 4 heteroatoms. The Kier molecular flexibility index (Phi) is 3.86. The summed E-state index contributed by atoms with van der Waals surface area (Å²) in [6.07, 6.45) is 4.89. The van der Waals surface area contributed by atoms with E-state index in [0.29, 0.717) is 0 Å². The van der Waals surface area contributed by atoms with Crippen LogP contribution in [0.15, 0.2) is 73.1 Å². The maximum absolute atomic E-state index is 12.0. The van der Waals surface area contributed by atoms with Gasteiger partial charge in [-0.2, -0.15) is 9.67 Å². The van der Waals surface area contributed by atoms with Crippen molar-refractivity contribution >= 4 is 17.1 Å².